The van der Waals surface area contributed by atoms with Crippen molar-refractivity contribution in [3.8, 4) is 5.75 Å². The second-order valence-corrected chi connectivity index (χ2v) is 8.70. The summed E-state index contributed by atoms with van der Waals surface area (Å²) < 4.78 is 5.22. The Morgan fingerprint density at radius 3 is 2.09 bits per heavy atom. The number of hydrogen-bond donors (Lipinski definition) is 0. The van der Waals surface area contributed by atoms with E-state index in [2.05, 4.69) is 4.90 Å². The van der Waals surface area contributed by atoms with Gasteiger partial charge in [0, 0.05) is 37.4 Å². The Bertz CT molecular complexity index is 1080. The van der Waals surface area contributed by atoms with Crippen molar-refractivity contribution in [1.29, 1.82) is 0 Å². The van der Waals surface area contributed by atoms with Crippen molar-refractivity contribution in [2.24, 2.45) is 11.8 Å². The van der Waals surface area contributed by atoms with Crippen LogP contribution in [0.15, 0.2) is 60.7 Å². The first-order chi connectivity index (χ1) is 16.1. The lowest BCUT2D eigenvalue weighted by atomic mass is 9.85. The van der Waals surface area contributed by atoms with Crippen LogP contribution in [-0.2, 0) is 9.59 Å². The monoisotopic (exact) mass is 445 g/mol. The predicted molar refractivity (Wildman–Crippen MR) is 125 cm³/mol. The standard InChI is InChI=1S/C26H27N3O4/c1-33-21-11-9-19(10-12-21)27-13-15-28(16-14-27)24(30)18-5-4-6-20(17-18)29-25(31)22-7-2-3-8-23(22)26(29)32/h2-6,9-12,17,22-23H,7-8,13-16H2,1H3. The average Bonchev–Trinajstić information content (AvgIpc) is 3.13. The molecule has 5 rings (SSSR count). The molecule has 33 heavy (non-hydrogen) atoms. The molecule has 2 heterocycles. The fourth-order valence-corrected chi connectivity index (χ4v) is 4.98. The highest BCUT2D eigenvalue weighted by Crippen LogP contribution is 2.37. The van der Waals surface area contributed by atoms with Crippen molar-refractivity contribution in [1.82, 2.24) is 4.90 Å². The summed E-state index contributed by atoms with van der Waals surface area (Å²) in [5, 5.41) is 0. The molecule has 2 aromatic rings. The van der Waals surface area contributed by atoms with Gasteiger partial charge in [-0.15, -0.1) is 0 Å². The number of amides is 3. The van der Waals surface area contributed by atoms with E-state index >= 15 is 0 Å². The van der Waals surface area contributed by atoms with Crippen molar-refractivity contribution in [3.63, 3.8) is 0 Å². The lowest BCUT2D eigenvalue weighted by Gasteiger charge is -2.36. The van der Waals surface area contributed by atoms with Crippen molar-refractivity contribution < 1.29 is 19.1 Å². The van der Waals surface area contributed by atoms with Gasteiger partial charge in [0.2, 0.25) is 11.8 Å². The van der Waals surface area contributed by atoms with Crippen molar-refractivity contribution >= 4 is 29.1 Å². The van der Waals surface area contributed by atoms with Crippen LogP contribution in [0.1, 0.15) is 23.2 Å². The van der Waals surface area contributed by atoms with E-state index in [0.717, 1.165) is 24.5 Å². The molecule has 0 bridgehead atoms. The largest absolute Gasteiger partial charge is 0.497 e. The first-order valence-corrected chi connectivity index (χ1v) is 11.4. The Morgan fingerprint density at radius 2 is 1.48 bits per heavy atom. The number of anilines is 2. The Morgan fingerprint density at radius 1 is 0.848 bits per heavy atom. The molecule has 2 atom stereocenters. The van der Waals surface area contributed by atoms with Crippen molar-refractivity contribution in [2.75, 3.05) is 43.1 Å². The Labute approximate surface area is 193 Å². The predicted octanol–water partition coefficient (Wildman–Crippen LogP) is 3.11. The highest BCUT2D eigenvalue weighted by molar-refractivity contribution is 6.22. The van der Waals surface area contributed by atoms with Crippen LogP contribution < -0.4 is 14.5 Å². The summed E-state index contributed by atoms with van der Waals surface area (Å²) in [5.41, 5.74) is 2.09. The zero-order chi connectivity index (χ0) is 22.9. The first-order valence-electron chi connectivity index (χ1n) is 11.4. The molecule has 3 amide bonds. The van der Waals surface area contributed by atoms with E-state index in [1.807, 2.05) is 41.3 Å². The van der Waals surface area contributed by atoms with Crippen LogP contribution in [0.4, 0.5) is 11.4 Å². The highest BCUT2D eigenvalue weighted by Gasteiger charge is 2.47. The fourth-order valence-electron chi connectivity index (χ4n) is 4.98. The summed E-state index contributed by atoms with van der Waals surface area (Å²) in [6.45, 7) is 2.67. The molecule has 1 aliphatic carbocycles. The molecule has 0 radical (unpaired) electrons. The van der Waals surface area contributed by atoms with Crippen LogP contribution in [0, 0.1) is 11.8 Å². The lowest BCUT2D eigenvalue weighted by molar-refractivity contribution is -0.122. The van der Waals surface area contributed by atoms with E-state index in [-0.39, 0.29) is 29.6 Å². The second-order valence-electron chi connectivity index (χ2n) is 8.70. The summed E-state index contributed by atoms with van der Waals surface area (Å²) in [6, 6.07) is 14.8. The number of benzene rings is 2. The molecule has 0 N–H and O–H groups in total. The van der Waals surface area contributed by atoms with Crippen molar-refractivity contribution in [2.45, 2.75) is 12.8 Å². The van der Waals surface area contributed by atoms with Gasteiger partial charge in [-0.3, -0.25) is 19.3 Å². The van der Waals surface area contributed by atoms with Gasteiger partial charge >= 0.3 is 0 Å². The number of fused-ring (bicyclic) bond motifs is 1. The summed E-state index contributed by atoms with van der Waals surface area (Å²) in [7, 11) is 1.65. The zero-order valence-electron chi connectivity index (χ0n) is 18.6. The Hall–Kier alpha value is -3.61. The minimum Gasteiger partial charge on any atom is -0.497 e. The number of nitrogens with zero attached hydrogens (tertiary/aromatic N) is 3. The fraction of sp³-hybridized carbons (Fsp3) is 0.346. The molecule has 2 saturated heterocycles. The Kier molecular flexibility index (Phi) is 5.62. The van der Waals surface area contributed by atoms with Gasteiger partial charge in [0.25, 0.3) is 5.91 Å². The number of hydrogen-bond acceptors (Lipinski definition) is 5. The zero-order valence-corrected chi connectivity index (χ0v) is 18.6. The topological polar surface area (TPSA) is 70.2 Å². The van der Waals surface area contributed by atoms with Gasteiger partial charge in [-0.25, -0.2) is 0 Å². The number of imide groups is 1. The molecule has 7 nitrogen and oxygen atoms in total. The average molecular weight is 446 g/mol. The molecule has 2 fully saturated rings. The maximum absolute atomic E-state index is 13.2. The maximum Gasteiger partial charge on any atom is 0.254 e. The molecule has 2 aliphatic heterocycles. The summed E-state index contributed by atoms with van der Waals surface area (Å²) in [6.07, 6.45) is 5.15. The van der Waals surface area contributed by atoms with Crippen LogP contribution in [-0.4, -0.2) is 55.9 Å². The minimum atomic E-state index is -0.284. The van der Waals surface area contributed by atoms with Crippen LogP contribution in [0.2, 0.25) is 0 Å². The molecule has 170 valence electrons. The van der Waals surface area contributed by atoms with Gasteiger partial charge in [0.05, 0.1) is 24.6 Å². The number of carbonyl (C=O) groups is 3. The normalized spacial score (nSPS) is 22.5. The molecular formula is C26H27N3O4. The smallest absolute Gasteiger partial charge is 0.254 e. The van der Waals surface area contributed by atoms with Gasteiger partial charge < -0.3 is 14.5 Å². The van der Waals surface area contributed by atoms with Gasteiger partial charge in [-0.2, -0.15) is 0 Å². The molecule has 0 saturated carbocycles. The number of methoxy groups -OCH3 is 1. The summed E-state index contributed by atoms with van der Waals surface area (Å²) in [5.74, 6) is -0.151. The second kappa shape index (κ2) is 8.73. The quantitative estimate of drug-likeness (QED) is 0.534. The van der Waals surface area contributed by atoms with Crippen LogP contribution in [0.25, 0.3) is 0 Å². The third kappa shape index (κ3) is 3.88. The third-order valence-electron chi connectivity index (χ3n) is 6.86. The van der Waals surface area contributed by atoms with Gasteiger partial charge in [0.15, 0.2) is 0 Å². The van der Waals surface area contributed by atoms with E-state index in [4.69, 9.17) is 4.74 Å². The van der Waals surface area contributed by atoms with E-state index in [0.29, 0.717) is 37.2 Å². The van der Waals surface area contributed by atoms with E-state index in [9.17, 15) is 14.4 Å². The molecular weight excluding hydrogens is 418 g/mol. The maximum atomic E-state index is 13.2. The van der Waals surface area contributed by atoms with Crippen LogP contribution >= 0.6 is 0 Å². The molecule has 3 aliphatic rings. The molecule has 2 unspecified atom stereocenters. The number of ether oxygens (including phenoxy) is 1. The molecule has 0 aromatic heterocycles. The SMILES string of the molecule is COc1ccc(N2CCN(C(=O)c3cccc(N4C(=O)C5CC=CCC5C4=O)c3)CC2)cc1. The van der Waals surface area contributed by atoms with E-state index in [1.165, 1.54) is 4.90 Å². The number of allylic oxidation sites excluding steroid dienone is 2. The number of piperazine rings is 1. The van der Waals surface area contributed by atoms with Crippen molar-refractivity contribution in [3.05, 3.63) is 66.2 Å². The molecule has 0 spiro atoms. The summed E-state index contributed by atoms with van der Waals surface area (Å²) >= 11 is 0. The van der Waals surface area contributed by atoms with E-state index in [1.54, 1.807) is 31.4 Å². The van der Waals surface area contributed by atoms with Crippen LogP contribution in [0.5, 0.6) is 5.75 Å². The number of carbonyl (C=O) groups excluding carboxylic acids is 3. The Balaban J connectivity index is 1.27. The van der Waals surface area contributed by atoms with Gasteiger partial charge in [0.1, 0.15) is 5.75 Å². The minimum absolute atomic E-state index is 0.0793. The molecule has 7 heteroatoms. The van der Waals surface area contributed by atoms with Gasteiger partial charge in [-0.05, 0) is 55.3 Å². The first kappa shape index (κ1) is 21.2. The summed E-state index contributed by atoms with van der Waals surface area (Å²) in [4.78, 5) is 44.4. The molecule has 2 aromatic carbocycles. The highest BCUT2D eigenvalue weighted by atomic mass is 16.5. The van der Waals surface area contributed by atoms with Gasteiger partial charge in [-0.1, -0.05) is 18.2 Å². The van der Waals surface area contributed by atoms with E-state index < -0.39 is 0 Å². The van der Waals surface area contributed by atoms with Crippen LogP contribution in [0.3, 0.4) is 0 Å². The lowest BCUT2D eigenvalue weighted by Crippen LogP contribution is -2.48. The number of rotatable bonds is 4. The third-order valence-corrected chi connectivity index (χ3v) is 6.86.